The van der Waals surface area contributed by atoms with Crippen LogP contribution in [-0.2, 0) is 9.47 Å². The molecule has 8 nitrogen and oxygen atoms in total. The zero-order chi connectivity index (χ0) is 21.4. The topological polar surface area (TPSA) is 87.2 Å². The number of methoxy groups -OCH3 is 1. The van der Waals surface area contributed by atoms with Gasteiger partial charge in [-0.3, -0.25) is 4.99 Å². The first-order chi connectivity index (χ1) is 13.2. The number of hydrogen-bond donors (Lipinski definition) is 3. The summed E-state index contributed by atoms with van der Waals surface area (Å²) in [5, 5.41) is 9.54. The summed E-state index contributed by atoms with van der Waals surface area (Å²) in [5.74, 6) is 0.764. The lowest BCUT2D eigenvalue weighted by Gasteiger charge is -2.23. The fourth-order valence-corrected chi connectivity index (χ4v) is 2.53. The van der Waals surface area contributed by atoms with Crippen LogP contribution in [0.25, 0.3) is 0 Å². The van der Waals surface area contributed by atoms with Crippen molar-refractivity contribution < 1.29 is 14.3 Å². The molecule has 0 aromatic carbocycles. The molecule has 0 aliphatic carbocycles. The third-order valence-corrected chi connectivity index (χ3v) is 3.85. The molecular formula is C20H44IN5O3. The van der Waals surface area contributed by atoms with E-state index >= 15 is 0 Å². The van der Waals surface area contributed by atoms with Crippen molar-refractivity contribution >= 4 is 36.0 Å². The summed E-state index contributed by atoms with van der Waals surface area (Å²) >= 11 is 0. The maximum absolute atomic E-state index is 12.0. The van der Waals surface area contributed by atoms with E-state index in [1.807, 2.05) is 27.7 Å². The van der Waals surface area contributed by atoms with Gasteiger partial charge < -0.3 is 30.3 Å². The average Bonchev–Trinajstić information content (AvgIpc) is 2.58. The predicted octanol–water partition coefficient (Wildman–Crippen LogP) is 2.82. The van der Waals surface area contributed by atoms with Crippen molar-refractivity contribution in [3.05, 3.63) is 0 Å². The summed E-state index contributed by atoms with van der Waals surface area (Å²) in [6.07, 6.45) is 2.45. The Balaban J connectivity index is 0. The predicted molar refractivity (Wildman–Crippen MR) is 131 cm³/mol. The number of amides is 1. The molecule has 1 atom stereocenters. The molecule has 0 aliphatic heterocycles. The summed E-state index contributed by atoms with van der Waals surface area (Å²) in [5.41, 5.74) is -0.504. The van der Waals surface area contributed by atoms with Gasteiger partial charge in [-0.15, -0.1) is 24.0 Å². The fourth-order valence-electron chi connectivity index (χ4n) is 2.53. The fraction of sp³-hybridized carbons (Fsp3) is 0.900. The summed E-state index contributed by atoms with van der Waals surface area (Å²) in [6, 6.07) is -0.0491. The molecule has 0 aliphatic rings. The molecule has 0 bridgehead atoms. The van der Waals surface area contributed by atoms with Gasteiger partial charge in [-0.2, -0.15) is 0 Å². The molecule has 0 spiro atoms. The summed E-state index contributed by atoms with van der Waals surface area (Å²) in [7, 11) is 3.83. The van der Waals surface area contributed by atoms with E-state index < -0.39 is 11.7 Å². The van der Waals surface area contributed by atoms with Crippen molar-refractivity contribution in [2.75, 3.05) is 53.5 Å². The van der Waals surface area contributed by atoms with Gasteiger partial charge in [-0.25, -0.2) is 4.79 Å². The quantitative estimate of drug-likeness (QED) is 0.147. The van der Waals surface area contributed by atoms with Gasteiger partial charge in [0.1, 0.15) is 5.60 Å². The van der Waals surface area contributed by atoms with E-state index in [9.17, 15) is 4.79 Å². The number of nitrogens with one attached hydrogen (secondary N) is 3. The number of carbonyl (C=O) groups excluding carboxylic acids is 1. The number of halogens is 1. The minimum absolute atomic E-state index is 0. The standard InChI is InChI=1S/C20H43N5O3.HI/c1-8-11-17(24-19(26)28-20(3,4)5)16-23-18(21-9-2)22-12-14-25(6)13-10-15-27-7;/h17H,8-16H2,1-7H3,(H,24,26)(H2,21,22,23);1H. The van der Waals surface area contributed by atoms with Crippen molar-refractivity contribution in [1.29, 1.82) is 0 Å². The Hall–Kier alpha value is -0.810. The van der Waals surface area contributed by atoms with Gasteiger partial charge in [0.2, 0.25) is 0 Å². The van der Waals surface area contributed by atoms with Gasteiger partial charge in [0.15, 0.2) is 5.96 Å². The number of nitrogens with zero attached hydrogens (tertiary/aromatic N) is 2. The Morgan fingerprint density at radius 3 is 2.41 bits per heavy atom. The number of aliphatic imine (C=N–C) groups is 1. The van der Waals surface area contributed by atoms with Crippen LogP contribution in [0.5, 0.6) is 0 Å². The van der Waals surface area contributed by atoms with Crippen LogP contribution in [0.1, 0.15) is 53.9 Å². The molecule has 0 saturated carbocycles. The Morgan fingerprint density at radius 2 is 1.86 bits per heavy atom. The van der Waals surface area contributed by atoms with E-state index in [2.05, 4.69) is 39.8 Å². The Labute approximate surface area is 195 Å². The largest absolute Gasteiger partial charge is 0.444 e. The maximum atomic E-state index is 12.0. The summed E-state index contributed by atoms with van der Waals surface area (Å²) in [6.45, 7) is 14.5. The molecule has 1 amide bonds. The van der Waals surface area contributed by atoms with Gasteiger partial charge in [-0.1, -0.05) is 13.3 Å². The van der Waals surface area contributed by atoms with Gasteiger partial charge in [0.05, 0.1) is 12.6 Å². The van der Waals surface area contributed by atoms with Crippen molar-refractivity contribution in [2.24, 2.45) is 4.99 Å². The minimum Gasteiger partial charge on any atom is -0.444 e. The molecule has 0 aromatic rings. The first-order valence-corrected chi connectivity index (χ1v) is 10.4. The van der Waals surface area contributed by atoms with Gasteiger partial charge in [0.25, 0.3) is 0 Å². The van der Waals surface area contributed by atoms with Crippen LogP contribution in [0.3, 0.4) is 0 Å². The van der Waals surface area contributed by atoms with Crippen molar-refractivity contribution in [3.8, 4) is 0 Å². The Kier molecular flexibility index (Phi) is 18.9. The third-order valence-electron chi connectivity index (χ3n) is 3.85. The number of alkyl carbamates (subject to hydrolysis) is 1. The SMILES string of the molecule is CCCC(CN=C(NCC)NCCN(C)CCCOC)NC(=O)OC(C)(C)C.I. The smallest absolute Gasteiger partial charge is 0.407 e. The lowest BCUT2D eigenvalue weighted by Crippen LogP contribution is -2.43. The van der Waals surface area contributed by atoms with E-state index in [4.69, 9.17) is 9.47 Å². The highest BCUT2D eigenvalue weighted by molar-refractivity contribution is 14.0. The number of hydrogen-bond acceptors (Lipinski definition) is 5. The lowest BCUT2D eigenvalue weighted by atomic mass is 10.1. The highest BCUT2D eigenvalue weighted by atomic mass is 127. The van der Waals surface area contributed by atoms with E-state index in [-0.39, 0.29) is 30.0 Å². The maximum Gasteiger partial charge on any atom is 0.407 e. The number of rotatable bonds is 13. The zero-order valence-corrected chi connectivity index (χ0v) is 21.8. The monoisotopic (exact) mass is 529 g/mol. The molecule has 174 valence electrons. The van der Waals surface area contributed by atoms with Gasteiger partial charge in [0, 0.05) is 39.9 Å². The van der Waals surface area contributed by atoms with Crippen LogP contribution >= 0.6 is 24.0 Å². The molecular weight excluding hydrogens is 485 g/mol. The van der Waals surface area contributed by atoms with Gasteiger partial charge in [-0.05, 0) is 47.6 Å². The molecule has 0 fully saturated rings. The van der Waals surface area contributed by atoms with E-state index in [1.165, 1.54) is 0 Å². The molecule has 0 heterocycles. The molecule has 9 heteroatoms. The first-order valence-electron chi connectivity index (χ1n) is 10.4. The second-order valence-electron chi connectivity index (χ2n) is 7.93. The number of ether oxygens (including phenoxy) is 2. The number of guanidine groups is 1. The number of carbonyl (C=O) groups is 1. The average molecular weight is 530 g/mol. The molecule has 3 N–H and O–H groups in total. The van der Waals surface area contributed by atoms with Crippen molar-refractivity contribution in [2.45, 2.75) is 65.5 Å². The first kappa shape index (κ1) is 30.4. The Morgan fingerprint density at radius 1 is 1.17 bits per heavy atom. The molecule has 0 rings (SSSR count). The second-order valence-corrected chi connectivity index (χ2v) is 7.93. The van der Waals surface area contributed by atoms with Crippen LogP contribution in [0.2, 0.25) is 0 Å². The third kappa shape index (κ3) is 18.9. The van der Waals surface area contributed by atoms with E-state index in [0.717, 1.165) is 58.0 Å². The van der Waals surface area contributed by atoms with Crippen LogP contribution in [0.15, 0.2) is 4.99 Å². The minimum atomic E-state index is -0.504. The highest BCUT2D eigenvalue weighted by Gasteiger charge is 2.19. The van der Waals surface area contributed by atoms with Gasteiger partial charge >= 0.3 is 6.09 Å². The molecule has 29 heavy (non-hydrogen) atoms. The zero-order valence-electron chi connectivity index (χ0n) is 19.5. The normalized spacial score (nSPS) is 12.9. The van der Waals surface area contributed by atoms with E-state index in [0.29, 0.717) is 6.54 Å². The lowest BCUT2D eigenvalue weighted by molar-refractivity contribution is 0.0503. The van der Waals surface area contributed by atoms with E-state index in [1.54, 1.807) is 7.11 Å². The molecule has 0 aromatic heterocycles. The van der Waals surface area contributed by atoms with Crippen LogP contribution in [0.4, 0.5) is 4.79 Å². The van der Waals surface area contributed by atoms with Crippen LogP contribution < -0.4 is 16.0 Å². The van der Waals surface area contributed by atoms with Crippen molar-refractivity contribution in [3.63, 3.8) is 0 Å². The Bertz CT molecular complexity index is 444. The molecule has 0 radical (unpaired) electrons. The summed E-state index contributed by atoms with van der Waals surface area (Å²) < 4.78 is 10.4. The summed E-state index contributed by atoms with van der Waals surface area (Å²) in [4.78, 5) is 18.9. The molecule has 0 saturated heterocycles. The second kappa shape index (κ2) is 18.0. The number of likely N-dealkylation sites (N-methyl/N-ethyl adjacent to an activating group) is 1. The van der Waals surface area contributed by atoms with Crippen molar-refractivity contribution in [1.82, 2.24) is 20.9 Å². The molecule has 1 unspecified atom stereocenters. The highest BCUT2D eigenvalue weighted by Crippen LogP contribution is 2.07. The van der Waals surface area contributed by atoms with Crippen LogP contribution in [0, 0.1) is 0 Å². The van der Waals surface area contributed by atoms with Crippen LogP contribution in [-0.4, -0.2) is 82.1 Å².